The Hall–Kier alpha value is -2.56. The van der Waals surface area contributed by atoms with Crippen molar-refractivity contribution in [2.45, 2.75) is 20.6 Å². The van der Waals surface area contributed by atoms with Crippen LogP contribution in [0.1, 0.15) is 11.1 Å². The Morgan fingerprint density at radius 1 is 0.906 bits per heavy atom. The van der Waals surface area contributed by atoms with Crippen molar-refractivity contribution < 1.29 is 18.0 Å². The highest BCUT2D eigenvalue weighted by atomic mass is 32.2. The van der Waals surface area contributed by atoms with Crippen LogP contribution in [-0.2, 0) is 16.7 Å². The fourth-order valence-corrected chi connectivity index (χ4v) is 5.85. The van der Waals surface area contributed by atoms with Gasteiger partial charge in [-0.25, -0.2) is 0 Å². The molecule has 0 fully saturated rings. The molecule has 0 saturated carbocycles. The van der Waals surface area contributed by atoms with Crippen LogP contribution in [0.5, 0.6) is 0 Å². The van der Waals surface area contributed by atoms with E-state index >= 15 is 0 Å². The Balaban J connectivity index is 1.33. The van der Waals surface area contributed by atoms with Crippen molar-refractivity contribution in [2.75, 3.05) is 11.1 Å². The maximum absolute atomic E-state index is 13.1. The van der Waals surface area contributed by atoms with Crippen LogP contribution in [0.2, 0.25) is 0 Å². The molecular weight excluding hydrogens is 475 g/mol. The maximum Gasteiger partial charge on any atom is 0.418 e. The zero-order valence-corrected chi connectivity index (χ0v) is 18.9. The van der Waals surface area contributed by atoms with E-state index in [4.69, 9.17) is 0 Å². The lowest BCUT2D eigenvalue weighted by atomic mass is 10.1. The van der Waals surface area contributed by atoms with Crippen LogP contribution < -0.4 is 5.32 Å². The summed E-state index contributed by atoms with van der Waals surface area (Å²) in [5.41, 5.74) is 0.0656. The molecule has 1 N–H and O–H groups in total. The summed E-state index contributed by atoms with van der Waals surface area (Å²) in [6.07, 6.45) is -4.54. The van der Waals surface area contributed by atoms with Crippen molar-refractivity contribution in [3.63, 3.8) is 0 Å². The number of nitrogens with zero attached hydrogens (tertiary/aromatic N) is 2. The highest BCUT2D eigenvalue weighted by Gasteiger charge is 2.33. The van der Waals surface area contributed by atoms with Crippen LogP contribution in [-0.4, -0.2) is 21.9 Å². The van der Waals surface area contributed by atoms with Crippen LogP contribution in [0.15, 0.2) is 75.4 Å². The molecule has 1 heterocycles. The van der Waals surface area contributed by atoms with Gasteiger partial charge in [-0.2, -0.15) is 13.2 Å². The monoisotopic (exact) mass is 491 g/mol. The fourth-order valence-electron chi connectivity index (χ4n) is 3.02. The molecule has 0 aliphatic heterocycles. The number of fused-ring (bicyclic) bond motifs is 1. The van der Waals surface area contributed by atoms with Crippen molar-refractivity contribution in [2.24, 2.45) is 0 Å². The van der Waals surface area contributed by atoms with E-state index in [0.717, 1.165) is 27.9 Å². The van der Waals surface area contributed by atoms with Crippen molar-refractivity contribution in [3.05, 3.63) is 77.9 Å². The van der Waals surface area contributed by atoms with E-state index in [0.29, 0.717) is 4.34 Å². The van der Waals surface area contributed by atoms with Crippen LogP contribution in [0.25, 0.3) is 10.8 Å². The summed E-state index contributed by atoms with van der Waals surface area (Å²) in [6, 6.07) is 19.2. The third-order valence-corrected chi connectivity index (χ3v) is 7.69. The van der Waals surface area contributed by atoms with Crippen LogP contribution >= 0.6 is 34.9 Å². The summed E-state index contributed by atoms with van der Waals surface area (Å²) >= 11 is 4.06. The third kappa shape index (κ3) is 5.62. The molecule has 4 rings (SSSR count). The summed E-state index contributed by atoms with van der Waals surface area (Å²) in [7, 11) is 0. The van der Waals surface area contributed by atoms with E-state index in [2.05, 4.69) is 39.8 Å². The number of halogens is 3. The van der Waals surface area contributed by atoms with E-state index in [-0.39, 0.29) is 11.4 Å². The second kappa shape index (κ2) is 9.93. The minimum Gasteiger partial charge on any atom is -0.325 e. The largest absolute Gasteiger partial charge is 0.418 e. The SMILES string of the molecule is O=C(CSc1nnc(SCc2cccc3ccccc23)s1)Nc1ccccc1C(F)(F)F. The lowest BCUT2D eigenvalue weighted by Crippen LogP contribution is -2.18. The first-order valence-electron chi connectivity index (χ1n) is 9.42. The molecule has 1 amide bonds. The van der Waals surface area contributed by atoms with E-state index in [9.17, 15) is 18.0 Å². The van der Waals surface area contributed by atoms with E-state index in [1.807, 2.05) is 18.2 Å². The molecule has 0 saturated heterocycles. The number of aromatic nitrogens is 2. The number of carbonyl (C=O) groups is 1. The van der Waals surface area contributed by atoms with Crippen molar-refractivity contribution in [1.82, 2.24) is 10.2 Å². The fraction of sp³-hybridized carbons (Fsp3) is 0.136. The topological polar surface area (TPSA) is 54.9 Å². The average molecular weight is 492 g/mol. The van der Waals surface area contributed by atoms with Gasteiger partial charge in [0.2, 0.25) is 5.91 Å². The van der Waals surface area contributed by atoms with Gasteiger partial charge in [0.25, 0.3) is 0 Å². The van der Waals surface area contributed by atoms with Gasteiger partial charge >= 0.3 is 6.18 Å². The Kier molecular flexibility index (Phi) is 7.02. The van der Waals surface area contributed by atoms with Gasteiger partial charge in [0.15, 0.2) is 8.68 Å². The molecule has 0 unspecified atom stereocenters. The molecule has 164 valence electrons. The highest BCUT2D eigenvalue weighted by Crippen LogP contribution is 2.35. The van der Waals surface area contributed by atoms with Crippen molar-refractivity contribution in [3.8, 4) is 0 Å². The molecule has 0 spiro atoms. The van der Waals surface area contributed by atoms with Gasteiger partial charge in [0, 0.05) is 5.75 Å². The smallest absolute Gasteiger partial charge is 0.325 e. The summed E-state index contributed by atoms with van der Waals surface area (Å²) in [5.74, 6) is 0.135. The predicted octanol–water partition coefficient (Wildman–Crippen LogP) is 6.73. The lowest BCUT2D eigenvalue weighted by molar-refractivity contribution is -0.137. The van der Waals surface area contributed by atoms with E-state index in [1.165, 1.54) is 45.9 Å². The van der Waals surface area contributed by atoms with Gasteiger partial charge in [-0.15, -0.1) is 10.2 Å². The second-order valence-electron chi connectivity index (χ2n) is 6.64. The number of alkyl halides is 3. The Morgan fingerprint density at radius 3 is 2.41 bits per heavy atom. The van der Waals surface area contributed by atoms with Gasteiger partial charge in [0.05, 0.1) is 17.0 Å². The minimum absolute atomic E-state index is 0.0607. The third-order valence-electron chi connectivity index (χ3n) is 4.45. The number of amides is 1. The molecule has 0 atom stereocenters. The molecule has 10 heteroatoms. The van der Waals surface area contributed by atoms with Gasteiger partial charge < -0.3 is 5.32 Å². The number of anilines is 1. The first kappa shape index (κ1) is 22.6. The van der Waals surface area contributed by atoms with Gasteiger partial charge in [-0.3, -0.25) is 4.79 Å². The number of hydrogen-bond donors (Lipinski definition) is 1. The predicted molar refractivity (Wildman–Crippen MR) is 124 cm³/mol. The molecule has 4 aromatic rings. The highest BCUT2D eigenvalue weighted by molar-refractivity contribution is 8.03. The number of para-hydroxylation sites is 1. The molecule has 1 aromatic heterocycles. The Labute approximate surface area is 194 Å². The standard InChI is InChI=1S/C22H16F3N3OS3/c23-22(24,25)17-10-3-4-11-18(17)26-19(29)13-31-21-28-27-20(32-21)30-12-15-8-5-7-14-6-1-2-9-16(14)15/h1-11H,12-13H2,(H,26,29). The molecule has 3 aromatic carbocycles. The van der Waals surface area contributed by atoms with Crippen molar-refractivity contribution in [1.29, 1.82) is 0 Å². The first-order chi connectivity index (χ1) is 15.4. The van der Waals surface area contributed by atoms with E-state index in [1.54, 1.807) is 11.8 Å². The number of hydrogen-bond acceptors (Lipinski definition) is 6. The van der Waals surface area contributed by atoms with Gasteiger partial charge in [-0.05, 0) is 28.5 Å². The quantitative estimate of drug-likeness (QED) is 0.290. The average Bonchev–Trinajstić information content (AvgIpc) is 3.24. The minimum atomic E-state index is -4.54. The van der Waals surface area contributed by atoms with E-state index < -0.39 is 17.6 Å². The molecule has 0 aliphatic rings. The van der Waals surface area contributed by atoms with Crippen LogP contribution in [0.4, 0.5) is 18.9 Å². The van der Waals surface area contributed by atoms with Crippen molar-refractivity contribution >= 4 is 57.2 Å². The van der Waals surface area contributed by atoms with Crippen LogP contribution in [0, 0.1) is 0 Å². The number of thioether (sulfide) groups is 2. The number of benzene rings is 3. The van der Waals surface area contributed by atoms with Gasteiger partial charge in [0.1, 0.15) is 0 Å². The summed E-state index contributed by atoms with van der Waals surface area (Å²) in [6.45, 7) is 0. The lowest BCUT2D eigenvalue weighted by Gasteiger charge is -2.13. The number of rotatable bonds is 7. The first-order valence-corrected chi connectivity index (χ1v) is 12.2. The summed E-state index contributed by atoms with van der Waals surface area (Å²) in [5, 5.41) is 12.9. The Morgan fingerprint density at radius 2 is 1.59 bits per heavy atom. The molecular formula is C22H16F3N3OS3. The zero-order valence-electron chi connectivity index (χ0n) is 16.4. The zero-order chi connectivity index (χ0) is 22.6. The molecule has 4 nitrogen and oxygen atoms in total. The Bertz CT molecular complexity index is 1240. The summed E-state index contributed by atoms with van der Waals surface area (Å²) in [4.78, 5) is 12.2. The summed E-state index contributed by atoms with van der Waals surface area (Å²) < 4.78 is 40.5. The molecule has 0 aliphatic carbocycles. The molecule has 32 heavy (non-hydrogen) atoms. The number of carbonyl (C=O) groups excluding carboxylic acids is 1. The molecule has 0 bridgehead atoms. The second-order valence-corrected chi connectivity index (χ2v) is 10.1. The van der Waals surface area contributed by atoms with Gasteiger partial charge in [-0.1, -0.05) is 89.5 Å². The number of nitrogens with one attached hydrogen (secondary N) is 1. The molecule has 0 radical (unpaired) electrons. The maximum atomic E-state index is 13.1. The normalized spacial score (nSPS) is 11.6. The van der Waals surface area contributed by atoms with Crippen LogP contribution in [0.3, 0.4) is 0 Å².